The van der Waals surface area contributed by atoms with E-state index in [1.807, 2.05) is 0 Å². The van der Waals surface area contributed by atoms with Gasteiger partial charge in [0.05, 0.1) is 14.2 Å². The average molecular weight is 339 g/mol. The normalized spacial score (nSPS) is 12.7. The van der Waals surface area contributed by atoms with Crippen molar-refractivity contribution in [3.8, 4) is 0 Å². The Labute approximate surface area is 137 Å². The molecule has 0 heterocycles. The molecule has 0 saturated carbocycles. The maximum atomic E-state index is 12.2. The topological polar surface area (TPSA) is 98.8 Å². The molecule has 124 valence electrons. The average Bonchev–Trinajstić information content (AvgIpc) is 2.56. The molecule has 1 amide bonds. The third kappa shape index (κ3) is 5.41. The zero-order chi connectivity index (χ0) is 17.4. The first kappa shape index (κ1) is 18.7. The lowest BCUT2D eigenvalue weighted by Gasteiger charge is -2.22. The summed E-state index contributed by atoms with van der Waals surface area (Å²) in [4.78, 5) is 47.4. The van der Waals surface area contributed by atoms with E-state index >= 15 is 0 Å². The molecule has 0 saturated heterocycles. The van der Waals surface area contributed by atoms with Crippen molar-refractivity contribution in [2.75, 3.05) is 14.2 Å². The summed E-state index contributed by atoms with van der Waals surface area (Å²) in [5.41, 5.74) is 0.304. The Morgan fingerprint density at radius 2 is 1.57 bits per heavy atom. The number of hydrogen-bond acceptors (Lipinski definition) is 7. The molecule has 2 atom stereocenters. The highest BCUT2D eigenvalue weighted by atomic mass is 32.2. The summed E-state index contributed by atoms with van der Waals surface area (Å²) in [6.07, 6.45) is 0. The number of ether oxygens (including phenoxy) is 2. The molecule has 0 aromatic heterocycles. The number of benzene rings is 1. The quantitative estimate of drug-likeness (QED) is 0.765. The molecule has 0 spiro atoms. The zero-order valence-corrected chi connectivity index (χ0v) is 13.7. The Hall–Kier alpha value is -2.35. The number of carbonyl (C=O) groups is 4. The summed E-state index contributed by atoms with van der Waals surface area (Å²) in [6.45, 7) is 1.24. The number of thioether (sulfide) groups is 1. The number of rotatable bonds is 6. The van der Waals surface area contributed by atoms with Crippen molar-refractivity contribution in [3.63, 3.8) is 0 Å². The molecule has 8 heteroatoms. The second-order valence-corrected chi connectivity index (χ2v) is 5.71. The first-order valence-corrected chi connectivity index (χ1v) is 7.47. The third-order valence-corrected chi connectivity index (χ3v) is 3.86. The fraction of sp³-hybridized carbons (Fsp3) is 0.333. The van der Waals surface area contributed by atoms with Crippen molar-refractivity contribution in [1.82, 2.24) is 5.32 Å². The van der Waals surface area contributed by atoms with Crippen molar-refractivity contribution in [1.29, 1.82) is 0 Å². The zero-order valence-electron chi connectivity index (χ0n) is 12.9. The Morgan fingerprint density at radius 3 is 2.04 bits per heavy atom. The summed E-state index contributed by atoms with van der Waals surface area (Å²) in [5, 5.41) is 0.779. The monoisotopic (exact) mass is 339 g/mol. The molecule has 1 aromatic rings. The van der Waals surface area contributed by atoms with Gasteiger partial charge in [0, 0.05) is 12.5 Å². The maximum absolute atomic E-state index is 12.2. The van der Waals surface area contributed by atoms with Crippen LogP contribution in [-0.2, 0) is 23.9 Å². The van der Waals surface area contributed by atoms with Crippen molar-refractivity contribution in [2.45, 2.75) is 18.2 Å². The van der Waals surface area contributed by atoms with Gasteiger partial charge in [-0.15, -0.1) is 0 Å². The van der Waals surface area contributed by atoms with Crippen molar-refractivity contribution in [2.24, 2.45) is 0 Å². The highest BCUT2D eigenvalue weighted by Gasteiger charge is 2.38. The minimum atomic E-state index is -1.35. The maximum Gasteiger partial charge on any atom is 0.330 e. The van der Waals surface area contributed by atoms with E-state index in [1.165, 1.54) is 6.92 Å². The summed E-state index contributed by atoms with van der Waals surface area (Å²) < 4.78 is 9.23. The molecule has 1 rings (SSSR count). The summed E-state index contributed by atoms with van der Waals surface area (Å²) in [7, 11) is 2.25. The van der Waals surface area contributed by atoms with Crippen LogP contribution < -0.4 is 5.32 Å². The van der Waals surface area contributed by atoms with Crippen molar-refractivity contribution >= 4 is 34.7 Å². The fourth-order valence-corrected chi connectivity index (χ4v) is 2.61. The van der Waals surface area contributed by atoms with Crippen LogP contribution in [0.1, 0.15) is 17.3 Å². The van der Waals surface area contributed by atoms with Gasteiger partial charge in [-0.25, -0.2) is 4.79 Å². The van der Waals surface area contributed by atoms with Gasteiger partial charge in [0.15, 0.2) is 11.2 Å². The van der Waals surface area contributed by atoms with Crippen LogP contribution in [0.2, 0.25) is 0 Å². The lowest BCUT2D eigenvalue weighted by Crippen LogP contribution is -2.51. The minimum absolute atomic E-state index is 0.304. The fourth-order valence-electron chi connectivity index (χ4n) is 1.75. The first-order valence-electron chi connectivity index (χ1n) is 6.59. The van der Waals surface area contributed by atoms with E-state index in [0.29, 0.717) is 17.3 Å². The molecule has 1 aromatic carbocycles. The van der Waals surface area contributed by atoms with E-state index in [1.54, 1.807) is 30.3 Å². The van der Waals surface area contributed by atoms with Crippen LogP contribution in [0.4, 0.5) is 0 Å². The molecule has 0 aliphatic rings. The van der Waals surface area contributed by atoms with E-state index in [4.69, 9.17) is 0 Å². The van der Waals surface area contributed by atoms with Crippen LogP contribution in [-0.4, -0.2) is 48.5 Å². The van der Waals surface area contributed by atoms with Crippen LogP contribution in [0.5, 0.6) is 0 Å². The number of methoxy groups -OCH3 is 2. The molecule has 0 radical (unpaired) electrons. The van der Waals surface area contributed by atoms with Crippen LogP contribution in [0.25, 0.3) is 0 Å². The van der Waals surface area contributed by atoms with E-state index in [0.717, 1.165) is 14.2 Å². The van der Waals surface area contributed by atoms with Gasteiger partial charge in [0.2, 0.25) is 0 Å². The number of amides is 1. The van der Waals surface area contributed by atoms with E-state index in [2.05, 4.69) is 14.8 Å². The van der Waals surface area contributed by atoms with Gasteiger partial charge < -0.3 is 14.8 Å². The molecular weight excluding hydrogens is 322 g/mol. The molecular formula is C15H17NO6S. The van der Waals surface area contributed by atoms with Crippen LogP contribution in [0.15, 0.2) is 30.3 Å². The molecule has 23 heavy (non-hydrogen) atoms. The predicted molar refractivity (Wildman–Crippen MR) is 83.8 cm³/mol. The second-order valence-electron chi connectivity index (χ2n) is 4.39. The molecule has 7 nitrogen and oxygen atoms in total. The highest BCUT2D eigenvalue weighted by Crippen LogP contribution is 2.19. The van der Waals surface area contributed by atoms with Crippen molar-refractivity contribution in [3.05, 3.63) is 35.9 Å². The highest BCUT2D eigenvalue weighted by molar-refractivity contribution is 8.14. The molecule has 1 N–H and O–H groups in total. The Morgan fingerprint density at radius 1 is 1.00 bits per heavy atom. The SMILES string of the molecule is COC(=O)[C@@H](NC(=O)c1ccccc1)[C@H](SC(C)=O)C(=O)OC. The second kappa shape index (κ2) is 8.94. The van der Waals surface area contributed by atoms with Gasteiger partial charge in [-0.05, 0) is 12.1 Å². The summed E-state index contributed by atoms with van der Waals surface area (Å²) in [6, 6.07) is 6.80. The molecule has 0 aliphatic carbocycles. The van der Waals surface area contributed by atoms with E-state index < -0.39 is 34.3 Å². The molecule has 0 aliphatic heterocycles. The van der Waals surface area contributed by atoms with Crippen LogP contribution in [0.3, 0.4) is 0 Å². The van der Waals surface area contributed by atoms with Gasteiger partial charge in [-0.1, -0.05) is 30.0 Å². The summed E-state index contributed by atoms with van der Waals surface area (Å²) in [5.74, 6) is -2.23. The lowest BCUT2D eigenvalue weighted by molar-refractivity contribution is -0.148. The van der Waals surface area contributed by atoms with Crippen LogP contribution >= 0.6 is 11.8 Å². The van der Waals surface area contributed by atoms with Gasteiger partial charge in [0.1, 0.15) is 5.25 Å². The van der Waals surface area contributed by atoms with Gasteiger partial charge in [0.25, 0.3) is 5.91 Å². The molecule has 0 unspecified atom stereocenters. The Bertz CT molecular complexity index is 589. The smallest absolute Gasteiger partial charge is 0.330 e. The van der Waals surface area contributed by atoms with Gasteiger partial charge in [-0.2, -0.15) is 0 Å². The number of nitrogens with one attached hydrogen (secondary N) is 1. The standard InChI is InChI=1S/C15H17NO6S/c1-9(17)23-12(15(20)22-3)11(14(19)21-2)16-13(18)10-7-5-4-6-8-10/h4-8,11-12H,1-3H3,(H,16,18)/t11-,12-/m0/s1. The van der Waals surface area contributed by atoms with Crippen LogP contribution in [0, 0.1) is 0 Å². The summed E-state index contributed by atoms with van der Waals surface area (Å²) >= 11 is 0.592. The minimum Gasteiger partial charge on any atom is -0.468 e. The number of hydrogen-bond donors (Lipinski definition) is 1. The third-order valence-electron chi connectivity index (χ3n) is 2.81. The van der Waals surface area contributed by atoms with Crippen molar-refractivity contribution < 1.29 is 28.7 Å². The van der Waals surface area contributed by atoms with Gasteiger partial charge >= 0.3 is 11.9 Å². The molecule has 0 fully saturated rings. The largest absolute Gasteiger partial charge is 0.468 e. The van der Waals surface area contributed by atoms with Gasteiger partial charge in [-0.3, -0.25) is 14.4 Å². The number of esters is 2. The van der Waals surface area contributed by atoms with E-state index in [-0.39, 0.29) is 0 Å². The lowest BCUT2D eigenvalue weighted by atomic mass is 10.1. The Kier molecular flexibility index (Phi) is 7.27. The molecule has 0 bridgehead atoms. The van der Waals surface area contributed by atoms with E-state index in [9.17, 15) is 19.2 Å². The predicted octanol–water partition coefficient (Wildman–Crippen LogP) is 0.779. The Balaban J connectivity index is 3.06. The number of carbonyl (C=O) groups excluding carboxylic acids is 4. The first-order chi connectivity index (χ1) is 10.9.